The molecule has 0 heterocycles. The van der Waals surface area contributed by atoms with Crippen molar-refractivity contribution in [2.45, 2.75) is 51.6 Å². The Balaban J connectivity index is 4.15. The van der Waals surface area contributed by atoms with Crippen molar-refractivity contribution in [3.8, 4) is 0 Å². The maximum atomic E-state index is 5.99. The summed E-state index contributed by atoms with van der Waals surface area (Å²) in [4.78, 5) is 0. The molecule has 0 N–H and O–H groups in total. The van der Waals surface area contributed by atoms with E-state index >= 15 is 0 Å². The lowest BCUT2D eigenvalue weighted by molar-refractivity contribution is -0.0391. The molecular weight excluding hydrogens is 248 g/mol. The Bertz CT molecular complexity index is 259. The second kappa shape index (κ2) is 11.9. The van der Waals surface area contributed by atoms with E-state index in [0.717, 1.165) is 45.3 Å². The van der Waals surface area contributed by atoms with Gasteiger partial charge in [-0.25, -0.2) is 0 Å². The highest BCUT2D eigenvalue weighted by molar-refractivity contribution is 4.94. The Morgan fingerprint density at radius 1 is 1.00 bits per heavy atom. The second-order valence-corrected chi connectivity index (χ2v) is 5.67. The number of hydrogen-bond donors (Lipinski definition) is 0. The van der Waals surface area contributed by atoms with Gasteiger partial charge in [-0.05, 0) is 38.0 Å². The van der Waals surface area contributed by atoms with Crippen molar-refractivity contribution in [1.82, 2.24) is 0 Å². The van der Waals surface area contributed by atoms with Gasteiger partial charge in [0.25, 0.3) is 0 Å². The molecule has 0 aliphatic heterocycles. The molecule has 0 bridgehead atoms. The van der Waals surface area contributed by atoms with Gasteiger partial charge in [0.2, 0.25) is 0 Å². The van der Waals surface area contributed by atoms with E-state index in [9.17, 15) is 0 Å². The molecule has 0 aliphatic carbocycles. The van der Waals surface area contributed by atoms with E-state index in [2.05, 4.69) is 33.6 Å². The third-order valence-electron chi connectivity index (χ3n) is 3.30. The maximum Gasteiger partial charge on any atom is 0.0755 e. The van der Waals surface area contributed by atoms with E-state index in [-0.39, 0.29) is 5.60 Å². The fraction of sp³-hybridized carbons (Fsp3) is 0.667. The van der Waals surface area contributed by atoms with E-state index in [1.807, 2.05) is 12.2 Å². The molecule has 0 aliphatic rings. The fourth-order valence-electron chi connectivity index (χ4n) is 2.16. The third-order valence-corrected chi connectivity index (χ3v) is 3.30. The predicted octanol–water partition coefficient (Wildman–Crippen LogP) is 4.92. The van der Waals surface area contributed by atoms with Crippen LogP contribution in [0, 0.1) is 5.92 Å². The highest BCUT2D eigenvalue weighted by Gasteiger charge is 2.27. The summed E-state index contributed by atoms with van der Waals surface area (Å²) < 4.78 is 11.7. The topological polar surface area (TPSA) is 18.5 Å². The largest absolute Gasteiger partial charge is 0.381 e. The van der Waals surface area contributed by atoms with Crippen LogP contribution in [0.1, 0.15) is 46.0 Å². The van der Waals surface area contributed by atoms with E-state index in [0.29, 0.717) is 12.5 Å². The Labute approximate surface area is 125 Å². The van der Waals surface area contributed by atoms with E-state index in [1.165, 1.54) is 0 Å². The molecule has 0 amide bonds. The van der Waals surface area contributed by atoms with Gasteiger partial charge in [0, 0.05) is 13.2 Å². The predicted molar refractivity (Wildman–Crippen MR) is 88.0 cm³/mol. The molecule has 0 aromatic carbocycles. The summed E-state index contributed by atoms with van der Waals surface area (Å²) >= 11 is 0. The minimum atomic E-state index is -0.195. The minimum Gasteiger partial charge on any atom is -0.381 e. The van der Waals surface area contributed by atoms with Crippen molar-refractivity contribution in [2.75, 3.05) is 19.8 Å². The van der Waals surface area contributed by atoms with Gasteiger partial charge in [0.05, 0.1) is 12.2 Å². The van der Waals surface area contributed by atoms with Gasteiger partial charge in [0.1, 0.15) is 0 Å². The van der Waals surface area contributed by atoms with Crippen LogP contribution in [0.15, 0.2) is 38.0 Å². The van der Waals surface area contributed by atoms with Crippen LogP contribution in [0.25, 0.3) is 0 Å². The van der Waals surface area contributed by atoms with Gasteiger partial charge in [0.15, 0.2) is 0 Å². The first-order valence-corrected chi connectivity index (χ1v) is 7.64. The quantitative estimate of drug-likeness (QED) is 0.332. The maximum absolute atomic E-state index is 5.99. The van der Waals surface area contributed by atoms with Gasteiger partial charge in [-0.1, -0.05) is 32.1 Å². The van der Waals surface area contributed by atoms with Crippen LogP contribution < -0.4 is 0 Å². The average molecular weight is 280 g/mol. The molecule has 2 heteroatoms. The van der Waals surface area contributed by atoms with Gasteiger partial charge >= 0.3 is 0 Å². The molecule has 116 valence electrons. The third kappa shape index (κ3) is 9.11. The van der Waals surface area contributed by atoms with Crippen molar-refractivity contribution in [3.05, 3.63) is 38.0 Å². The monoisotopic (exact) mass is 280 g/mol. The fourth-order valence-corrected chi connectivity index (χ4v) is 2.16. The van der Waals surface area contributed by atoms with Crippen molar-refractivity contribution >= 4 is 0 Å². The SMILES string of the molecule is C=CCOC(CC=C)(CC=C)CCCOCCC(C)C. The Morgan fingerprint density at radius 3 is 2.15 bits per heavy atom. The molecule has 0 saturated heterocycles. The number of rotatable bonds is 14. The van der Waals surface area contributed by atoms with Crippen molar-refractivity contribution < 1.29 is 9.47 Å². The molecular formula is C18H32O2. The first kappa shape index (κ1) is 19.1. The summed E-state index contributed by atoms with van der Waals surface area (Å²) in [6, 6.07) is 0. The zero-order chi connectivity index (χ0) is 15.3. The summed E-state index contributed by atoms with van der Waals surface area (Å²) in [5.74, 6) is 0.701. The van der Waals surface area contributed by atoms with Crippen LogP contribution >= 0.6 is 0 Å². The lowest BCUT2D eigenvalue weighted by Gasteiger charge is -2.32. The highest BCUT2D eigenvalue weighted by atomic mass is 16.5. The zero-order valence-electron chi connectivity index (χ0n) is 13.4. The van der Waals surface area contributed by atoms with Crippen LogP contribution in [-0.4, -0.2) is 25.4 Å². The van der Waals surface area contributed by atoms with Crippen LogP contribution in [0.2, 0.25) is 0 Å². The standard InChI is InChI=1S/C18H32O2/c1-6-11-18(12-7-2,20-14-8-3)13-9-15-19-16-10-17(4)5/h6-8,17H,1-3,9-16H2,4-5H3. The Kier molecular flexibility index (Phi) is 11.4. The summed E-state index contributed by atoms with van der Waals surface area (Å²) in [6.45, 7) is 18.0. The van der Waals surface area contributed by atoms with Crippen molar-refractivity contribution in [1.29, 1.82) is 0 Å². The van der Waals surface area contributed by atoms with Crippen LogP contribution in [-0.2, 0) is 9.47 Å². The van der Waals surface area contributed by atoms with Gasteiger partial charge < -0.3 is 9.47 Å². The summed E-state index contributed by atoms with van der Waals surface area (Å²) in [5.41, 5.74) is -0.195. The first-order valence-electron chi connectivity index (χ1n) is 7.64. The molecule has 0 radical (unpaired) electrons. The molecule has 2 nitrogen and oxygen atoms in total. The molecule has 0 aromatic rings. The lowest BCUT2D eigenvalue weighted by Crippen LogP contribution is -2.32. The number of hydrogen-bond acceptors (Lipinski definition) is 2. The van der Waals surface area contributed by atoms with Crippen molar-refractivity contribution in [2.24, 2.45) is 5.92 Å². The van der Waals surface area contributed by atoms with Crippen LogP contribution in [0.4, 0.5) is 0 Å². The zero-order valence-corrected chi connectivity index (χ0v) is 13.4. The molecule has 0 aromatic heterocycles. The van der Waals surface area contributed by atoms with Crippen molar-refractivity contribution in [3.63, 3.8) is 0 Å². The van der Waals surface area contributed by atoms with E-state index < -0.39 is 0 Å². The Morgan fingerprint density at radius 2 is 1.65 bits per heavy atom. The average Bonchev–Trinajstić information content (AvgIpc) is 2.40. The second-order valence-electron chi connectivity index (χ2n) is 5.67. The summed E-state index contributed by atoms with van der Waals surface area (Å²) in [5, 5.41) is 0. The normalized spacial score (nSPS) is 11.6. The van der Waals surface area contributed by atoms with Crippen LogP contribution in [0.3, 0.4) is 0 Å². The molecule has 0 spiro atoms. The van der Waals surface area contributed by atoms with Gasteiger partial charge in [-0.15, -0.1) is 19.7 Å². The molecule has 0 saturated carbocycles. The molecule has 0 fully saturated rings. The molecule has 20 heavy (non-hydrogen) atoms. The summed E-state index contributed by atoms with van der Waals surface area (Å²) in [7, 11) is 0. The molecule has 0 rings (SSSR count). The first-order chi connectivity index (χ1) is 9.60. The van der Waals surface area contributed by atoms with E-state index in [4.69, 9.17) is 9.47 Å². The van der Waals surface area contributed by atoms with Crippen LogP contribution in [0.5, 0.6) is 0 Å². The number of ether oxygens (including phenoxy) is 2. The molecule has 0 atom stereocenters. The van der Waals surface area contributed by atoms with Gasteiger partial charge in [-0.3, -0.25) is 0 Å². The minimum absolute atomic E-state index is 0.195. The molecule has 0 unspecified atom stereocenters. The smallest absolute Gasteiger partial charge is 0.0755 e. The Hall–Kier alpha value is -0.860. The highest BCUT2D eigenvalue weighted by Crippen LogP contribution is 2.28. The lowest BCUT2D eigenvalue weighted by atomic mass is 9.90. The van der Waals surface area contributed by atoms with Gasteiger partial charge in [-0.2, -0.15) is 0 Å². The van der Waals surface area contributed by atoms with E-state index in [1.54, 1.807) is 6.08 Å². The summed E-state index contributed by atoms with van der Waals surface area (Å²) in [6.07, 6.45) is 10.4.